The molecule has 0 radical (unpaired) electrons. The van der Waals surface area contributed by atoms with Gasteiger partial charge in [-0.2, -0.15) is 0 Å². The topological polar surface area (TPSA) is 46.3 Å². The van der Waals surface area contributed by atoms with Crippen molar-refractivity contribution in [1.82, 2.24) is 4.90 Å². The predicted octanol–water partition coefficient (Wildman–Crippen LogP) is 0.985. The van der Waals surface area contributed by atoms with E-state index in [0.717, 1.165) is 25.0 Å². The van der Waals surface area contributed by atoms with E-state index in [1.165, 1.54) is 0 Å². The van der Waals surface area contributed by atoms with Crippen molar-refractivity contribution in [3.63, 3.8) is 0 Å². The van der Waals surface area contributed by atoms with Crippen LogP contribution < -0.4 is 5.73 Å². The van der Waals surface area contributed by atoms with Crippen molar-refractivity contribution in [3.05, 3.63) is 0 Å². The normalized spacial score (nSPS) is 37.3. The lowest BCUT2D eigenvalue weighted by molar-refractivity contribution is -0.135. The lowest BCUT2D eigenvalue weighted by atomic mass is 9.98. The molecule has 15 heavy (non-hydrogen) atoms. The third-order valence-corrected chi connectivity index (χ3v) is 4.53. The van der Waals surface area contributed by atoms with Gasteiger partial charge in [-0.05, 0) is 25.0 Å². The highest BCUT2D eigenvalue weighted by Crippen LogP contribution is 2.32. The summed E-state index contributed by atoms with van der Waals surface area (Å²) in [5, 5.41) is 0.244. The molecule has 3 nitrogen and oxygen atoms in total. The van der Waals surface area contributed by atoms with E-state index in [4.69, 9.17) is 5.73 Å². The number of carbonyl (C=O) groups excluding carboxylic acids is 1. The molecule has 86 valence electrons. The van der Waals surface area contributed by atoms with Gasteiger partial charge in [0.15, 0.2) is 0 Å². The van der Waals surface area contributed by atoms with Gasteiger partial charge in [-0.3, -0.25) is 9.18 Å². The largest absolute Gasteiger partial charge is 0.329 e. The number of hydrogen-bond donors (Lipinski definition) is 1. The average Bonchev–Trinajstić information content (AvgIpc) is 2.40. The van der Waals surface area contributed by atoms with E-state index in [0.29, 0.717) is 6.54 Å². The summed E-state index contributed by atoms with van der Waals surface area (Å²) in [4.78, 5) is 13.7. The fraction of sp³-hybridized carbons (Fsp3) is 0.900. The van der Waals surface area contributed by atoms with Gasteiger partial charge in [-0.15, -0.1) is 11.8 Å². The van der Waals surface area contributed by atoms with Crippen LogP contribution in [0.5, 0.6) is 0 Å². The summed E-state index contributed by atoms with van der Waals surface area (Å²) < 4.78 is 12.6. The highest BCUT2D eigenvalue weighted by molar-refractivity contribution is 7.99. The standard InChI is InChI=1S/C10H17FN2OS/c11-5-7-1-2-9-13(6-7)10(14)8(12)3-4-15-9/h7-9H,1-6,12H2/t7-,8+,9+/m1/s1. The van der Waals surface area contributed by atoms with Gasteiger partial charge in [0.05, 0.1) is 18.1 Å². The maximum atomic E-state index is 12.6. The third kappa shape index (κ3) is 2.28. The maximum Gasteiger partial charge on any atom is 0.240 e. The van der Waals surface area contributed by atoms with Gasteiger partial charge in [0, 0.05) is 12.5 Å². The lowest BCUT2D eigenvalue weighted by Gasteiger charge is -2.37. The number of hydrogen-bond acceptors (Lipinski definition) is 3. The number of amides is 1. The zero-order valence-electron chi connectivity index (χ0n) is 8.69. The molecule has 0 bridgehead atoms. The van der Waals surface area contributed by atoms with Crippen molar-refractivity contribution < 1.29 is 9.18 Å². The molecule has 0 saturated carbocycles. The summed E-state index contributed by atoms with van der Waals surface area (Å²) in [6, 6.07) is -0.374. The Morgan fingerprint density at radius 3 is 3.00 bits per heavy atom. The summed E-state index contributed by atoms with van der Waals surface area (Å²) in [5.41, 5.74) is 5.77. The minimum Gasteiger partial charge on any atom is -0.329 e. The Morgan fingerprint density at radius 2 is 2.27 bits per heavy atom. The Hall–Kier alpha value is -0.290. The highest BCUT2D eigenvalue weighted by Gasteiger charge is 2.36. The van der Waals surface area contributed by atoms with Crippen LogP contribution in [0.4, 0.5) is 4.39 Å². The molecule has 5 heteroatoms. The number of halogens is 1. The Kier molecular flexibility index (Phi) is 3.51. The molecule has 1 amide bonds. The molecule has 2 aliphatic heterocycles. The molecule has 2 rings (SSSR count). The van der Waals surface area contributed by atoms with Crippen molar-refractivity contribution in [3.8, 4) is 0 Å². The number of alkyl halides is 1. The molecule has 0 aromatic carbocycles. The Morgan fingerprint density at radius 1 is 1.47 bits per heavy atom. The van der Waals surface area contributed by atoms with E-state index in [1.807, 2.05) is 0 Å². The Balaban J connectivity index is 2.08. The molecular weight excluding hydrogens is 215 g/mol. The summed E-state index contributed by atoms with van der Waals surface area (Å²) >= 11 is 1.79. The van der Waals surface area contributed by atoms with Gasteiger partial charge < -0.3 is 10.6 Å². The molecule has 2 heterocycles. The minimum absolute atomic E-state index is 0.0168. The first-order valence-corrected chi connectivity index (χ1v) is 6.51. The van der Waals surface area contributed by atoms with Crippen molar-refractivity contribution in [1.29, 1.82) is 0 Å². The SMILES string of the molecule is N[C@H]1CCS[C@H]2CC[C@H](CF)CN2C1=O. The molecule has 0 aliphatic carbocycles. The number of fused-ring (bicyclic) bond motifs is 1. The van der Waals surface area contributed by atoms with Crippen LogP contribution in [0, 0.1) is 5.92 Å². The molecule has 2 saturated heterocycles. The molecule has 2 N–H and O–H groups in total. The number of piperidine rings is 1. The number of carbonyl (C=O) groups is 1. The summed E-state index contributed by atoms with van der Waals surface area (Å²) in [6.07, 6.45) is 2.56. The first-order valence-electron chi connectivity index (χ1n) is 5.46. The van der Waals surface area contributed by atoms with Gasteiger partial charge in [-0.25, -0.2) is 0 Å². The molecule has 0 unspecified atom stereocenters. The van der Waals surface area contributed by atoms with Gasteiger partial charge in [0.25, 0.3) is 0 Å². The first-order chi connectivity index (χ1) is 7.22. The first kappa shape index (κ1) is 11.2. The van der Waals surface area contributed by atoms with Crippen molar-refractivity contribution in [2.24, 2.45) is 11.7 Å². The zero-order valence-corrected chi connectivity index (χ0v) is 9.51. The quantitative estimate of drug-likeness (QED) is 0.733. The third-order valence-electron chi connectivity index (χ3n) is 3.18. The lowest BCUT2D eigenvalue weighted by Crippen LogP contribution is -2.50. The highest BCUT2D eigenvalue weighted by atomic mass is 32.2. The van der Waals surface area contributed by atoms with E-state index < -0.39 is 0 Å². The van der Waals surface area contributed by atoms with E-state index in [-0.39, 0.29) is 29.9 Å². The van der Waals surface area contributed by atoms with Crippen LogP contribution in [-0.4, -0.2) is 41.2 Å². The Bertz CT molecular complexity index is 252. The van der Waals surface area contributed by atoms with Crippen LogP contribution in [0.3, 0.4) is 0 Å². The van der Waals surface area contributed by atoms with Gasteiger partial charge in [0.2, 0.25) is 5.91 Å². The molecule has 0 aromatic rings. The molecule has 3 atom stereocenters. The van der Waals surface area contributed by atoms with Crippen molar-refractivity contribution in [2.75, 3.05) is 19.0 Å². The molecule has 0 aromatic heterocycles. The van der Waals surface area contributed by atoms with E-state index in [9.17, 15) is 9.18 Å². The summed E-state index contributed by atoms with van der Waals surface area (Å²) in [5.74, 6) is 0.980. The summed E-state index contributed by atoms with van der Waals surface area (Å²) in [6.45, 7) is 0.233. The van der Waals surface area contributed by atoms with Gasteiger partial charge in [-0.1, -0.05) is 0 Å². The smallest absolute Gasteiger partial charge is 0.240 e. The molecule has 2 fully saturated rings. The number of nitrogens with zero attached hydrogens (tertiary/aromatic N) is 1. The number of rotatable bonds is 1. The van der Waals surface area contributed by atoms with Crippen LogP contribution in [0.25, 0.3) is 0 Å². The fourth-order valence-corrected chi connectivity index (χ4v) is 3.55. The number of thioether (sulfide) groups is 1. The molecule has 2 aliphatic rings. The molecular formula is C10H17FN2OS. The van der Waals surface area contributed by atoms with Crippen LogP contribution in [-0.2, 0) is 4.79 Å². The monoisotopic (exact) mass is 232 g/mol. The van der Waals surface area contributed by atoms with Crippen molar-refractivity contribution in [2.45, 2.75) is 30.7 Å². The zero-order chi connectivity index (χ0) is 10.8. The van der Waals surface area contributed by atoms with Crippen LogP contribution in [0.2, 0.25) is 0 Å². The second kappa shape index (κ2) is 4.70. The fourth-order valence-electron chi connectivity index (χ4n) is 2.22. The summed E-state index contributed by atoms with van der Waals surface area (Å²) in [7, 11) is 0. The minimum atomic E-state index is -0.374. The van der Waals surface area contributed by atoms with E-state index in [1.54, 1.807) is 16.7 Å². The Labute approximate surface area is 93.6 Å². The van der Waals surface area contributed by atoms with Gasteiger partial charge >= 0.3 is 0 Å². The van der Waals surface area contributed by atoms with Crippen LogP contribution >= 0.6 is 11.8 Å². The second-order valence-corrected chi connectivity index (χ2v) is 5.59. The second-order valence-electron chi connectivity index (χ2n) is 4.31. The maximum absolute atomic E-state index is 12.6. The average molecular weight is 232 g/mol. The van der Waals surface area contributed by atoms with Crippen molar-refractivity contribution >= 4 is 17.7 Å². The molecule has 0 spiro atoms. The van der Waals surface area contributed by atoms with E-state index in [2.05, 4.69) is 0 Å². The van der Waals surface area contributed by atoms with Crippen LogP contribution in [0.1, 0.15) is 19.3 Å². The number of nitrogens with two attached hydrogens (primary N) is 1. The van der Waals surface area contributed by atoms with Crippen LogP contribution in [0.15, 0.2) is 0 Å². The predicted molar refractivity (Wildman–Crippen MR) is 59.3 cm³/mol. The van der Waals surface area contributed by atoms with E-state index >= 15 is 0 Å². The van der Waals surface area contributed by atoms with Gasteiger partial charge in [0.1, 0.15) is 0 Å².